The predicted molar refractivity (Wildman–Crippen MR) is 56.3 cm³/mol. The van der Waals surface area contributed by atoms with Crippen molar-refractivity contribution >= 4 is 11.9 Å². The Hall–Kier alpha value is -1.32. The number of carboxylic acids is 2. The summed E-state index contributed by atoms with van der Waals surface area (Å²) < 4.78 is 0. The smallest absolute Gasteiger partial charge is 0.303 e. The maximum atomic E-state index is 9.37. The SMILES string of the molecule is C=CCC.CCC(=O)O.CCC(=O)O. The van der Waals surface area contributed by atoms with Crippen LogP contribution in [-0.2, 0) is 9.59 Å². The Balaban J connectivity index is -0.000000131. The number of allylic oxidation sites excluding steroid dienone is 1. The zero-order valence-electron chi connectivity index (χ0n) is 9.12. The Bertz CT molecular complexity index is 138. The first-order valence-corrected chi connectivity index (χ1v) is 4.50. The fourth-order valence-electron chi connectivity index (χ4n) is 0. The van der Waals surface area contributed by atoms with Gasteiger partial charge < -0.3 is 10.2 Å². The van der Waals surface area contributed by atoms with Gasteiger partial charge in [0.05, 0.1) is 0 Å². The molecule has 0 aromatic heterocycles. The molecule has 0 fully saturated rings. The highest BCUT2D eigenvalue weighted by atomic mass is 16.4. The molecule has 0 spiro atoms. The van der Waals surface area contributed by atoms with Gasteiger partial charge >= 0.3 is 11.9 Å². The van der Waals surface area contributed by atoms with Gasteiger partial charge in [-0.15, -0.1) is 6.58 Å². The molecule has 0 aromatic rings. The first-order chi connectivity index (χ1) is 6.45. The molecule has 0 aliphatic rings. The van der Waals surface area contributed by atoms with Gasteiger partial charge in [0.25, 0.3) is 0 Å². The van der Waals surface area contributed by atoms with Crippen LogP contribution in [0.1, 0.15) is 40.0 Å². The van der Waals surface area contributed by atoms with E-state index in [2.05, 4.69) is 13.5 Å². The van der Waals surface area contributed by atoms with Crippen molar-refractivity contribution in [3.05, 3.63) is 12.7 Å². The van der Waals surface area contributed by atoms with Crippen LogP contribution in [0.5, 0.6) is 0 Å². The van der Waals surface area contributed by atoms with E-state index in [0.29, 0.717) is 0 Å². The summed E-state index contributed by atoms with van der Waals surface area (Å²) >= 11 is 0. The molecule has 0 heterocycles. The zero-order chi connectivity index (χ0) is 12.0. The quantitative estimate of drug-likeness (QED) is 0.693. The average molecular weight is 204 g/mol. The van der Waals surface area contributed by atoms with E-state index in [0.717, 1.165) is 6.42 Å². The Morgan fingerprint density at radius 3 is 1.21 bits per heavy atom. The lowest BCUT2D eigenvalue weighted by Gasteiger charge is -1.71. The minimum absolute atomic E-state index is 0.222. The van der Waals surface area contributed by atoms with Crippen LogP contribution in [0.15, 0.2) is 12.7 Å². The molecule has 2 N–H and O–H groups in total. The molecule has 4 heteroatoms. The van der Waals surface area contributed by atoms with Crippen molar-refractivity contribution in [2.75, 3.05) is 0 Å². The second-order valence-corrected chi connectivity index (χ2v) is 2.19. The highest BCUT2D eigenvalue weighted by Crippen LogP contribution is 1.67. The van der Waals surface area contributed by atoms with Crippen LogP contribution < -0.4 is 0 Å². The molecule has 84 valence electrons. The highest BCUT2D eigenvalue weighted by Gasteiger charge is 1.81. The Kier molecular flexibility index (Phi) is 23.3. The second-order valence-electron chi connectivity index (χ2n) is 2.19. The standard InChI is InChI=1S/C4H8.2C3H6O2/c1-3-4-2;2*1-2-3(4)5/h3H,1,4H2,2H3;2*2H2,1H3,(H,4,5). The van der Waals surface area contributed by atoms with Gasteiger partial charge in [0, 0.05) is 12.8 Å². The van der Waals surface area contributed by atoms with Crippen molar-refractivity contribution < 1.29 is 19.8 Å². The van der Waals surface area contributed by atoms with Gasteiger partial charge in [-0.2, -0.15) is 0 Å². The summed E-state index contributed by atoms with van der Waals surface area (Å²) in [5, 5.41) is 15.4. The Morgan fingerprint density at radius 1 is 1.07 bits per heavy atom. The molecule has 0 aromatic carbocycles. The Morgan fingerprint density at radius 2 is 1.21 bits per heavy atom. The van der Waals surface area contributed by atoms with Crippen molar-refractivity contribution in [3.8, 4) is 0 Å². The molecule has 0 rings (SSSR count). The van der Waals surface area contributed by atoms with E-state index in [-0.39, 0.29) is 12.8 Å². The van der Waals surface area contributed by atoms with Crippen LogP contribution in [0.25, 0.3) is 0 Å². The molecule has 0 atom stereocenters. The second kappa shape index (κ2) is 17.7. The number of hydrogen-bond donors (Lipinski definition) is 2. The van der Waals surface area contributed by atoms with Gasteiger partial charge in [0.15, 0.2) is 0 Å². The molecular formula is C10H20O4. The number of aliphatic carboxylic acids is 2. The fourth-order valence-corrected chi connectivity index (χ4v) is 0. The number of rotatable bonds is 3. The summed E-state index contributed by atoms with van der Waals surface area (Å²) in [7, 11) is 0. The van der Waals surface area contributed by atoms with Crippen LogP contribution in [-0.4, -0.2) is 22.2 Å². The number of hydrogen-bond acceptors (Lipinski definition) is 2. The number of carboxylic acid groups (broad SMARTS) is 2. The Labute approximate surface area is 85.3 Å². The van der Waals surface area contributed by atoms with E-state index in [9.17, 15) is 9.59 Å². The van der Waals surface area contributed by atoms with E-state index in [4.69, 9.17) is 10.2 Å². The minimum Gasteiger partial charge on any atom is -0.481 e. The van der Waals surface area contributed by atoms with Gasteiger partial charge in [-0.25, -0.2) is 0 Å². The number of carbonyl (C=O) groups is 2. The summed E-state index contributed by atoms with van der Waals surface area (Å²) in [6.07, 6.45) is 3.40. The monoisotopic (exact) mass is 204 g/mol. The molecule has 0 amide bonds. The maximum absolute atomic E-state index is 9.37. The van der Waals surface area contributed by atoms with Gasteiger partial charge in [0.2, 0.25) is 0 Å². The summed E-state index contributed by atoms with van der Waals surface area (Å²) in [4.78, 5) is 18.7. The molecule has 0 saturated heterocycles. The summed E-state index contributed by atoms with van der Waals surface area (Å²) in [6.45, 7) is 8.74. The summed E-state index contributed by atoms with van der Waals surface area (Å²) in [6, 6.07) is 0. The third kappa shape index (κ3) is 73.9. The normalized spacial score (nSPS) is 7.07. The minimum atomic E-state index is -0.745. The van der Waals surface area contributed by atoms with Crippen molar-refractivity contribution in [1.82, 2.24) is 0 Å². The third-order valence-electron chi connectivity index (χ3n) is 0.894. The maximum Gasteiger partial charge on any atom is 0.303 e. The van der Waals surface area contributed by atoms with E-state index in [1.54, 1.807) is 13.8 Å². The lowest BCUT2D eigenvalue weighted by molar-refractivity contribution is -0.137. The largest absolute Gasteiger partial charge is 0.481 e. The van der Waals surface area contributed by atoms with Crippen LogP contribution in [0, 0.1) is 0 Å². The molecule has 0 radical (unpaired) electrons. The summed E-state index contributed by atoms with van der Waals surface area (Å²) in [5.74, 6) is -1.49. The van der Waals surface area contributed by atoms with Gasteiger partial charge in [0.1, 0.15) is 0 Å². The molecule has 0 bridgehead atoms. The van der Waals surface area contributed by atoms with E-state index in [1.807, 2.05) is 6.08 Å². The third-order valence-corrected chi connectivity index (χ3v) is 0.894. The molecule has 4 nitrogen and oxygen atoms in total. The fraction of sp³-hybridized carbons (Fsp3) is 0.600. The first-order valence-electron chi connectivity index (χ1n) is 4.50. The molecule has 0 saturated carbocycles. The molecule has 0 aliphatic carbocycles. The van der Waals surface area contributed by atoms with Crippen LogP contribution in [0.2, 0.25) is 0 Å². The van der Waals surface area contributed by atoms with Crippen LogP contribution in [0.4, 0.5) is 0 Å². The highest BCUT2D eigenvalue weighted by molar-refractivity contribution is 5.66. The molecular weight excluding hydrogens is 184 g/mol. The first kappa shape index (κ1) is 18.5. The predicted octanol–water partition coefficient (Wildman–Crippen LogP) is 2.54. The lowest BCUT2D eigenvalue weighted by Crippen LogP contribution is -1.86. The topological polar surface area (TPSA) is 74.6 Å². The molecule has 14 heavy (non-hydrogen) atoms. The van der Waals surface area contributed by atoms with Gasteiger partial charge in [-0.3, -0.25) is 9.59 Å². The van der Waals surface area contributed by atoms with E-state index in [1.165, 1.54) is 0 Å². The summed E-state index contributed by atoms with van der Waals surface area (Å²) in [5.41, 5.74) is 0. The molecule has 0 aliphatic heterocycles. The lowest BCUT2D eigenvalue weighted by atomic mass is 10.5. The van der Waals surface area contributed by atoms with Crippen LogP contribution in [0.3, 0.4) is 0 Å². The van der Waals surface area contributed by atoms with Crippen molar-refractivity contribution in [1.29, 1.82) is 0 Å². The van der Waals surface area contributed by atoms with Crippen molar-refractivity contribution in [2.24, 2.45) is 0 Å². The average Bonchev–Trinajstić information content (AvgIpc) is 2.19. The van der Waals surface area contributed by atoms with Gasteiger partial charge in [-0.05, 0) is 6.42 Å². The van der Waals surface area contributed by atoms with Crippen molar-refractivity contribution in [3.63, 3.8) is 0 Å². The zero-order valence-corrected chi connectivity index (χ0v) is 9.12. The van der Waals surface area contributed by atoms with Crippen molar-refractivity contribution in [2.45, 2.75) is 40.0 Å². The van der Waals surface area contributed by atoms with Gasteiger partial charge in [-0.1, -0.05) is 26.8 Å². The van der Waals surface area contributed by atoms with Crippen LogP contribution >= 0.6 is 0 Å². The van der Waals surface area contributed by atoms with E-state index < -0.39 is 11.9 Å². The van der Waals surface area contributed by atoms with E-state index >= 15 is 0 Å². The molecule has 0 unspecified atom stereocenters.